The van der Waals surface area contributed by atoms with Gasteiger partial charge in [-0.25, -0.2) is 0 Å². The van der Waals surface area contributed by atoms with Gasteiger partial charge in [0.1, 0.15) is 0 Å². The molecule has 1 saturated heterocycles. The van der Waals surface area contributed by atoms with Gasteiger partial charge in [0.05, 0.1) is 17.9 Å². The smallest absolute Gasteiger partial charge is 0.302 e. The van der Waals surface area contributed by atoms with E-state index in [9.17, 15) is 17.1 Å². The van der Waals surface area contributed by atoms with Crippen LogP contribution in [0.4, 0.5) is 3.89 Å². The van der Waals surface area contributed by atoms with E-state index in [1.807, 2.05) is 13.8 Å². The van der Waals surface area contributed by atoms with Gasteiger partial charge in [-0.15, -0.1) is 3.89 Å². The first kappa shape index (κ1) is 14.4. The molecular weight excluding hydrogens is 249 g/mol. The van der Waals surface area contributed by atoms with Crippen LogP contribution in [0.5, 0.6) is 0 Å². The average Bonchev–Trinajstić information content (AvgIpc) is 2.43. The first-order valence-corrected chi connectivity index (χ1v) is 6.93. The number of hydrogen-bond donors (Lipinski definition) is 0. The Morgan fingerprint density at radius 1 is 1.53 bits per heavy atom. The van der Waals surface area contributed by atoms with Crippen molar-refractivity contribution in [1.82, 2.24) is 4.90 Å². The van der Waals surface area contributed by atoms with Crippen molar-refractivity contribution in [3.8, 4) is 0 Å². The second-order valence-electron chi connectivity index (χ2n) is 5.03. The number of carbonyl (C=O) groups is 1. The van der Waals surface area contributed by atoms with Crippen LogP contribution in [-0.4, -0.2) is 50.8 Å². The Hall–Kier alpha value is -0.690. The third-order valence-corrected chi connectivity index (χ3v) is 3.74. The van der Waals surface area contributed by atoms with E-state index in [0.29, 0.717) is 6.61 Å². The molecule has 1 fully saturated rings. The van der Waals surface area contributed by atoms with Crippen molar-refractivity contribution >= 4 is 16.1 Å². The van der Waals surface area contributed by atoms with Gasteiger partial charge < -0.3 is 9.64 Å². The topological polar surface area (TPSA) is 63.7 Å². The zero-order chi connectivity index (χ0) is 13.3. The van der Waals surface area contributed by atoms with Gasteiger partial charge in [-0.1, -0.05) is 0 Å². The fourth-order valence-electron chi connectivity index (χ4n) is 2.19. The minimum Gasteiger partial charge on any atom is -0.382 e. The van der Waals surface area contributed by atoms with E-state index in [0.717, 1.165) is 0 Å². The van der Waals surface area contributed by atoms with Crippen LogP contribution in [0.15, 0.2) is 0 Å². The highest BCUT2D eigenvalue weighted by atomic mass is 32.3. The molecule has 0 saturated carbocycles. The van der Waals surface area contributed by atoms with Crippen molar-refractivity contribution in [2.75, 3.05) is 26.0 Å². The minimum atomic E-state index is -4.52. The van der Waals surface area contributed by atoms with Crippen LogP contribution in [0.25, 0.3) is 0 Å². The summed E-state index contributed by atoms with van der Waals surface area (Å²) in [5.74, 6) is -1.20. The number of hydrogen-bond acceptors (Lipinski definition) is 4. The van der Waals surface area contributed by atoms with Crippen molar-refractivity contribution in [3.63, 3.8) is 0 Å². The molecule has 1 heterocycles. The molecule has 1 amide bonds. The molecule has 7 heteroatoms. The maximum absolute atomic E-state index is 12.6. The molecule has 1 atom stereocenters. The van der Waals surface area contributed by atoms with Crippen LogP contribution in [0.1, 0.15) is 20.3 Å². The molecule has 1 unspecified atom stereocenters. The van der Waals surface area contributed by atoms with Gasteiger partial charge in [-0.05, 0) is 13.8 Å². The molecule has 1 rings (SSSR count). The largest absolute Gasteiger partial charge is 0.382 e. The van der Waals surface area contributed by atoms with Crippen LogP contribution in [0.3, 0.4) is 0 Å². The summed E-state index contributed by atoms with van der Waals surface area (Å²) in [5, 5.41) is 0. The van der Waals surface area contributed by atoms with Crippen LogP contribution in [-0.2, 0) is 19.8 Å². The summed E-state index contributed by atoms with van der Waals surface area (Å²) in [7, 11) is -2.99. The fourth-order valence-corrected chi connectivity index (χ4v) is 2.98. The number of nitrogens with zero attached hydrogens (tertiary/aromatic N) is 1. The monoisotopic (exact) mass is 267 g/mol. The van der Waals surface area contributed by atoms with Gasteiger partial charge in [-0.2, -0.15) is 8.42 Å². The predicted molar refractivity (Wildman–Crippen MR) is 60.7 cm³/mol. The molecule has 0 radical (unpaired) electrons. The predicted octanol–water partition coefficient (Wildman–Crippen LogP) is 0.559. The lowest BCUT2D eigenvalue weighted by Crippen LogP contribution is -2.48. The fraction of sp³-hybridized carbons (Fsp3) is 0.900. The molecular formula is C10H18FNO4S. The van der Waals surface area contributed by atoms with Crippen LogP contribution in [0, 0.1) is 5.92 Å². The van der Waals surface area contributed by atoms with E-state index < -0.39 is 27.4 Å². The number of methoxy groups -OCH3 is 1. The lowest BCUT2D eigenvalue weighted by atomic mass is 10.1. The van der Waals surface area contributed by atoms with Gasteiger partial charge in [-0.3, -0.25) is 4.79 Å². The molecule has 0 N–H and O–H groups in total. The Labute approximate surface area is 101 Å². The lowest BCUT2D eigenvalue weighted by molar-refractivity contribution is -0.133. The maximum atomic E-state index is 12.6. The second kappa shape index (κ2) is 4.89. The number of halogens is 1. The number of carbonyl (C=O) groups excluding carboxylic acids is 1. The Morgan fingerprint density at radius 3 is 2.59 bits per heavy atom. The molecule has 0 aromatic heterocycles. The second-order valence-corrected chi connectivity index (χ2v) is 6.44. The molecule has 0 aromatic rings. The Morgan fingerprint density at radius 2 is 2.12 bits per heavy atom. The van der Waals surface area contributed by atoms with Crippen molar-refractivity contribution < 1.29 is 21.8 Å². The SMILES string of the molecule is COCC(C)(C)N1CC(CS(=O)(=O)F)CC1=O. The Balaban J connectivity index is 2.70. The van der Waals surface area contributed by atoms with Gasteiger partial charge >= 0.3 is 10.2 Å². The van der Waals surface area contributed by atoms with Crippen molar-refractivity contribution in [3.05, 3.63) is 0 Å². The third-order valence-electron chi connectivity index (χ3n) is 2.87. The highest BCUT2D eigenvalue weighted by molar-refractivity contribution is 7.86. The molecule has 5 nitrogen and oxygen atoms in total. The summed E-state index contributed by atoms with van der Waals surface area (Å²) in [4.78, 5) is 13.3. The van der Waals surface area contributed by atoms with Gasteiger partial charge in [0.2, 0.25) is 5.91 Å². The average molecular weight is 267 g/mol. The zero-order valence-corrected chi connectivity index (χ0v) is 11.1. The van der Waals surface area contributed by atoms with Crippen molar-refractivity contribution in [2.45, 2.75) is 25.8 Å². The zero-order valence-electron chi connectivity index (χ0n) is 10.3. The van der Waals surface area contributed by atoms with Crippen LogP contribution in [0.2, 0.25) is 0 Å². The summed E-state index contributed by atoms with van der Waals surface area (Å²) in [6.45, 7) is 4.29. The number of rotatable bonds is 5. The van der Waals surface area contributed by atoms with Gasteiger partial charge in [0.25, 0.3) is 0 Å². The normalized spacial score (nSPS) is 22.2. The molecule has 0 aliphatic carbocycles. The highest BCUT2D eigenvalue weighted by Gasteiger charge is 2.40. The molecule has 1 aliphatic rings. The first-order valence-electron chi connectivity index (χ1n) is 5.37. The molecule has 0 spiro atoms. The maximum Gasteiger partial charge on any atom is 0.302 e. The molecule has 0 aromatic carbocycles. The van der Waals surface area contributed by atoms with Crippen LogP contribution >= 0.6 is 0 Å². The van der Waals surface area contributed by atoms with Gasteiger partial charge in [0, 0.05) is 26.0 Å². The van der Waals surface area contributed by atoms with E-state index in [1.165, 1.54) is 7.11 Å². The van der Waals surface area contributed by atoms with E-state index in [4.69, 9.17) is 4.74 Å². The van der Waals surface area contributed by atoms with E-state index >= 15 is 0 Å². The summed E-state index contributed by atoms with van der Waals surface area (Å²) < 4.78 is 38.7. The molecule has 0 bridgehead atoms. The van der Waals surface area contributed by atoms with Crippen molar-refractivity contribution in [1.29, 1.82) is 0 Å². The van der Waals surface area contributed by atoms with Crippen molar-refractivity contribution in [2.24, 2.45) is 5.92 Å². The Kier molecular flexibility index (Phi) is 4.14. The molecule has 100 valence electrons. The van der Waals surface area contributed by atoms with E-state index in [1.54, 1.807) is 4.90 Å². The number of amides is 1. The summed E-state index contributed by atoms with van der Waals surface area (Å²) >= 11 is 0. The third kappa shape index (κ3) is 3.92. The standard InChI is InChI=1S/C10H18FNO4S/c1-10(2,7-16-3)12-5-8(4-9(12)13)6-17(11,14)15/h8H,4-7H2,1-3H3. The van der Waals surface area contributed by atoms with Crippen LogP contribution < -0.4 is 0 Å². The first-order chi connectivity index (χ1) is 7.65. The lowest BCUT2D eigenvalue weighted by Gasteiger charge is -2.35. The summed E-state index contributed by atoms with van der Waals surface area (Å²) in [6, 6.07) is 0. The quantitative estimate of drug-likeness (QED) is 0.683. The minimum absolute atomic E-state index is 0.0797. The summed E-state index contributed by atoms with van der Waals surface area (Å²) in [5.41, 5.74) is -0.499. The number of ether oxygens (including phenoxy) is 1. The highest BCUT2D eigenvalue weighted by Crippen LogP contribution is 2.27. The van der Waals surface area contributed by atoms with Gasteiger partial charge in [0.15, 0.2) is 0 Å². The Bertz CT molecular complexity index is 393. The molecule has 1 aliphatic heterocycles. The summed E-state index contributed by atoms with van der Waals surface area (Å²) in [6.07, 6.45) is 0.0797. The van der Waals surface area contributed by atoms with E-state index in [2.05, 4.69) is 0 Å². The molecule has 17 heavy (non-hydrogen) atoms. The van der Waals surface area contributed by atoms with E-state index in [-0.39, 0.29) is 18.9 Å². The number of likely N-dealkylation sites (tertiary alicyclic amines) is 1.